The van der Waals surface area contributed by atoms with Crippen molar-refractivity contribution < 1.29 is 14.6 Å². The minimum atomic E-state index is -0.749. The molecular weight excluding hydrogens is 452 g/mol. The van der Waals surface area contributed by atoms with Gasteiger partial charge in [-0.05, 0) is 91.9 Å². The number of hydrogen-bond acceptors (Lipinski definition) is 6. The summed E-state index contributed by atoms with van der Waals surface area (Å²) in [6, 6.07) is 19.9. The van der Waals surface area contributed by atoms with Crippen LogP contribution in [0.25, 0.3) is 22.0 Å². The first-order chi connectivity index (χ1) is 17.5. The lowest BCUT2D eigenvalue weighted by molar-refractivity contribution is -0.142. The Balaban J connectivity index is 1.21. The zero-order valence-corrected chi connectivity index (χ0v) is 20.6. The lowest BCUT2D eigenvalue weighted by atomic mass is 9.95. The minimum absolute atomic E-state index is 0.389. The van der Waals surface area contributed by atoms with Crippen LogP contribution in [-0.2, 0) is 4.79 Å². The molecule has 7 heteroatoms. The maximum absolute atomic E-state index is 11.3. The molecule has 1 aliphatic heterocycles. The highest BCUT2D eigenvalue weighted by atomic mass is 16.5. The maximum Gasteiger partial charge on any atom is 0.320 e. The predicted octanol–water partition coefficient (Wildman–Crippen LogP) is 5.59. The first kappa shape index (κ1) is 23.8. The van der Waals surface area contributed by atoms with Crippen molar-refractivity contribution in [3.05, 3.63) is 78.0 Å². The fourth-order valence-corrected chi connectivity index (χ4v) is 4.94. The number of carboxylic acid groups (broad SMARTS) is 1. The summed E-state index contributed by atoms with van der Waals surface area (Å²) in [6.45, 7) is 6.13. The number of rotatable bonds is 8. The van der Waals surface area contributed by atoms with E-state index in [-0.39, 0.29) is 6.04 Å². The number of anilines is 2. The third kappa shape index (κ3) is 5.16. The van der Waals surface area contributed by atoms with Gasteiger partial charge in [-0.3, -0.25) is 9.69 Å². The number of likely N-dealkylation sites (tertiary alicyclic amines) is 1. The van der Waals surface area contributed by atoms with E-state index in [1.807, 2.05) is 41.4 Å². The van der Waals surface area contributed by atoms with Crippen molar-refractivity contribution in [3.8, 4) is 16.9 Å². The molecule has 0 saturated carbocycles. The Bertz CT molecular complexity index is 1370. The molecule has 3 aromatic carbocycles. The molecule has 0 spiro atoms. The number of nitrogens with one attached hydrogen (secondary N) is 1. The van der Waals surface area contributed by atoms with Crippen LogP contribution in [0.5, 0.6) is 5.75 Å². The van der Waals surface area contributed by atoms with Crippen molar-refractivity contribution in [3.63, 3.8) is 0 Å². The van der Waals surface area contributed by atoms with Crippen LogP contribution in [-0.4, -0.2) is 51.7 Å². The number of aryl methyl sites for hydroxylation is 2. The fraction of sp³-hybridized carbons (Fsp3) is 0.276. The first-order valence-corrected chi connectivity index (χ1v) is 12.3. The second-order valence-corrected chi connectivity index (χ2v) is 9.26. The first-order valence-electron chi connectivity index (χ1n) is 12.3. The smallest absolute Gasteiger partial charge is 0.320 e. The molecule has 184 valence electrons. The fourth-order valence-electron chi connectivity index (χ4n) is 4.94. The van der Waals surface area contributed by atoms with Gasteiger partial charge in [-0.2, -0.15) is 0 Å². The summed E-state index contributed by atoms with van der Waals surface area (Å²) in [5.41, 5.74) is 6.67. The standard InChI is InChI=1S/C29H30N4O3/c1-19-5-3-6-20(2)27(19)21-8-13-25-22(17-21)18-30-29(32-25)31-23-9-11-24(12-10-23)36-16-15-33-14-4-7-26(33)28(34)35/h3,5-6,8-13,17-18,26H,4,7,14-16H2,1-2H3,(H,34,35)(H,30,31,32). The maximum atomic E-state index is 11.3. The van der Waals surface area contributed by atoms with Crippen molar-refractivity contribution in [2.45, 2.75) is 32.7 Å². The molecule has 0 amide bonds. The molecule has 1 atom stereocenters. The number of fused-ring (bicyclic) bond motifs is 1. The molecule has 1 aliphatic rings. The van der Waals surface area contributed by atoms with Crippen LogP contribution in [0.3, 0.4) is 0 Å². The lowest BCUT2D eigenvalue weighted by Crippen LogP contribution is -2.38. The van der Waals surface area contributed by atoms with Crippen LogP contribution >= 0.6 is 0 Å². The summed E-state index contributed by atoms with van der Waals surface area (Å²) >= 11 is 0. The van der Waals surface area contributed by atoms with Gasteiger partial charge in [-0.25, -0.2) is 9.97 Å². The van der Waals surface area contributed by atoms with Gasteiger partial charge >= 0.3 is 5.97 Å². The second kappa shape index (κ2) is 10.3. The molecule has 2 heterocycles. The predicted molar refractivity (Wildman–Crippen MR) is 142 cm³/mol. The summed E-state index contributed by atoms with van der Waals surface area (Å²) in [4.78, 5) is 22.5. The Morgan fingerprint density at radius 1 is 1.11 bits per heavy atom. The lowest BCUT2D eigenvalue weighted by Gasteiger charge is -2.20. The van der Waals surface area contributed by atoms with Crippen molar-refractivity contribution in [2.24, 2.45) is 0 Å². The van der Waals surface area contributed by atoms with E-state index in [0.717, 1.165) is 35.3 Å². The van der Waals surface area contributed by atoms with Crippen molar-refractivity contribution in [2.75, 3.05) is 25.0 Å². The van der Waals surface area contributed by atoms with Gasteiger partial charge in [0, 0.05) is 23.8 Å². The van der Waals surface area contributed by atoms with E-state index in [1.165, 1.54) is 22.3 Å². The molecular formula is C29H30N4O3. The van der Waals surface area contributed by atoms with E-state index < -0.39 is 5.97 Å². The quantitative estimate of drug-likeness (QED) is 0.339. The van der Waals surface area contributed by atoms with Gasteiger partial charge < -0.3 is 15.2 Å². The second-order valence-electron chi connectivity index (χ2n) is 9.26. The third-order valence-corrected chi connectivity index (χ3v) is 6.76. The zero-order valence-electron chi connectivity index (χ0n) is 20.6. The molecule has 36 heavy (non-hydrogen) atoms. The number of hydrogen-bond donors (Lipinski definition) is 2. The molecule has 1 fully saturated rings. The summed E-state index contributed by atoms with van der Waals surface area (Å²) < 4.78 is 5.83. The Morgan fingerprint density at radius 2 is 1.89 bits per heavy atom. The van der Waals surface area contributed by atoms with E-state index in [9.17, 15) is 9.90 Å². The average Bonchev–Trinajstić information content (AvgIpc) is 3.34. The Kier molecular flexibility index (Phi) is 6.82. The largest absolute Gasteiger partial charge is 0.492 e. The van der Waals surface area contributed by atoms with Crippen molar-refractivity contribution >= 4 is 28.5 Å². The summed E-state index contributed by atoms with van der Waals surface area (Å²) in [7, 11) is 0. The number of nitrogens with zero attached hydrogens (tertiary/aromatic N) is 3. The molecule has 0 bridgehead atoms. The van der Waals surface area contributed by atoms with E-state index in [0.29, 0.717) is 25.5 Å². The summed E-state index contributed by atoms with van der Waals surface area (Å²) in [6.07, 6.45) is 3.48. The van der Waals surface area contributed by atoms with Gasteiger partial charge in [0.25, 0.3) is 0 Å². The molecule has 1 aromatic heterocycles. The molecule has 7 nitrogen and oxygen atoms in total. The molecule has 2 N–H and O–H groups in total. The summed E-state index contributed by atoms with van der Waals surface area (Å²) in [5.74, 6) is 0.524. The van der Waals surface area contributed by atoms with E-state index in [4.69, 9.17) is 4.74 Å². The Labute approximate surface area is 210 Å². The molecule has 5 rings (SSSR count). The van der Waals surface area contributed by atoms with Gasteiger partial charge in [-0.1, -0.05) is 24.3 Å². The Hall–Kier alpha value is -3.97. The van der Waals surface area contributed by atoms with Gasteiger partial charge in [0.05, 0.1) is 5.52 Å². The average molecular weight is 483 g/mol. The van der Waals surface area contributed by atoms with Crippen molar-refractivity contribution in [1.82, 2.24) is 14.9 Å². The third-order valence-electron chi connectivity index (χ3n) is 6.76. The Morgan fingerprint density at radius 3 is 2.64 bits per heavy atom. The van der Waals surface area contributed by atoms with Crippen molar-refractivity contribution in [1.29, 1.82) is 0 Å². The van der Waals surface area contributed by atoms with Crippen LogP contribution in [0.2, 0.25) is 0 Å². The van der Waals surface area contributed by atoms with Gasteiger partial charge in [0.2, 0.25) is 5.95 Å². The van der Waals surface area contributed by atoms with Gasteiger partial charge in [0.1, 0.15) is 18.4 Å². The molecule has 1 saturated heterocycles. The topological polar surface area (TPSA) is 87.6 Å². The molecule has 4 aromatic rings. The number of carboxylic acids is 1. The number of carbonyl (C=O) groups is 1. The van der Waals surface area contributed by atoms with Crippen LogP contribution in [0, 0.1) is 13.8 Å². The van der Waals surface area contributed by atoms with Crippen LogP contribution in [0.15, 0.2) is 66.9 Å². The van der Waals surface area contributed by atoms with Crippen LogP contribution < -0.4 is 10.1 Å². The SMILES string of the molecule is Cc1cccc(C)c1-c1ccc2nc(Nc3ccc(OCCN4CCCC4C(=O)O)cc3)ncc2c1. The molecule has 1 unspecified atom stereocenters. The highest BCUT2D eigenvalue weighted by Gasteiger charge is 2.29. The molecule has 0 aliphatic carbocycles. The number of ether oxygens (including phenoxy) is 1. The van der Waals surface area contributed by atoms with Crippen LogP contribution in [0.1, 0.15) is 24.0 Å². The normalized spacial score (nSPS) is 15.8. The number of aliphatic carboxylic acids is 1. The van der Waals surface area contributed by atoms with Gasteiger partial charge in [0.15, 0.2) is 0 Å². The van der Waals surface area contributed by atoms with E-state index in [1.54, 1.807) is 0 Å². The van der Waals surface area contributed by atoms with E-state index in [2.05, 4.69) is 59.5 Å². The number of aromatic nitrogens is 2. The highest BCUT2D eigenvalue weighted by molar-refractivity contribution is 5.86. The highest BCUT2D eigenvalue weighted by Crippen LogP contribution is 2.30. The van der Waals surface area contributed by atoms with Crippen LogP contribution in [0.4, 0.5) is 11.6 Å². The number of benzene rings is 3. The minimum Gasteiger partial charge on any atom is -0.492 e. The summed E-state index contributed by atoms with van der Waals surface area (Å²) in [5, 5.41) is 13.5. The van der Waals surface area contributed by atoms with Gasteiger partial charge in [-0.15, -0.1) is 0 Å². The molecule has 0 radical (unpaired) electrons. The zero-order chi connectivity index (χ0) is 25.1. The monoisotopic (exact) mass is 482 g/mol. The van der Waals surface area contributed by atoms with E-state index >= 15 is 0 Å².